The van der Waals surface area contributed by atoms with Crippen LogP contribution in [0.2, 0.25) is 5.02 Å². The topological polar surface area (TPSA) is 71.6 Å². The van der Waals surface area contributed by atoms with Crippen LogP contribution in [-0.2, 0) is 4.79 Å². The number of hydrogen-bond donors (Lipinski definition) is 3. The zero-order valence-electron chi connectivity index (χ0n) is 14.7. The van der Waals surface area contributed by atoms with Crippen molar-refractivity contribution in [2.75, 3.05) is 29.7 Å². The highest BCUT2D eigenvalue weighted by Gasteiger charge is 2.11. The van der Waals surface area contributed by atoms with Gasteiger partial charge in [0.15, 0.2) is 5.11 Å². The molecule has 0 radical (unpaired) electrons. The Balaban J connectivity index is 2.07. The number of rotatable bonds is 6. The third kappa shape index (κ3) is 5.50. The van der Waals surface area contributed by atoms with Gasteiger partial charge in [0.2, 0.25) is 5.91 Å². The minimum atomic E-state index is -0.123. The quantitative estimate of drug-likeness (QED) is 0.627. The van der Waals surface area contributed by atoms with E-state index in [4.69, 9.17) is 33.3 Å². The number of halogens is 1. The van der Waals surface area contributed by atoms with E-state index < -0.39 is 0 Å². The molecule has 0 fully saturated rings. The number of amides is 1. The van der Waals surface area contributed by atoms with Crippen molar-refractivity contribution in [1.82, 2.24) is 0 Å². The number of anilines is 3. The summed E-state index contributed by atoms with van der Waals surface area (Å²) in [4.78, 5) is 11.0. The zero-order chi connectivity index (χ0) is 19.1. The fourth-order valence-electron chi connectivity index (χ4n) is 2.19. The first kappa shape index (κ1) is 19.8. The van der Waals surface area contributed by atoms with Crippen LogP contribution in [0.25, 0.3) is 0 Å². The lowest BCUT2D eigenvalue weighted by Crippen LogP contribution is -2.19. The first-order valence-corrected chi connectivity index (χ1v) is 8.67. The van der Waals surface area contributed by atoms with Gasteiger partial charge in [-0.15, -0.1) is 0 Å². The minimum absolute atomic E-state index is 0.123. The number of methoxy groups -OCH3 is 1. The summed E-state index contributed by atoms with van der Waals surface area (Å²) < 4.78 is 10.8. The van der Waals surface area contributed by atoms with Gasteiger partial charge in [0.1, 0.15) is 11.5 Å². The monoisotopic (exact) mass is 393 g/mol. The van der Waals surface area contributed by atoms with Crippen molar-refractivity contribution in [3.63, 3.8) is 0 Å². The summed E-state index contributed by atoms with van der Waals surface area (Å²) in [7, 11) is 1.56. The second kappa shape index (κ2) is 9.26. The molecular weight excluding hydrogens is 374 g/mol. The largest absolute Gasteiger partial charge is 0.494 e. The van der Waals surface area contributed by atoms with E-state index in [1.807, 2.05) is 19.1 Å². The first-order chi connectivity index (χ1) is 12.4. The number of hydrogen-bond acceptors (Lipinski definition) is 4. The van der Waals surface area contributed by atoms with Crippen molar-refractivity contribution in [3.8, 4) is 11.5 Å². The third-order valence-corrected chi connectivity index (χ3v) is 3.76. The van der Waals surface area contributed by atoms with Gasteiger partial charge in [-0.1, -0.05) is 11.6 Å². The van der Waals surface area contributed by atoms with E-state index in [1.165, 1.54) is 6.92 Å². The van der Waals surface area contributed by atoms with Crippen LogP contribution in [-0.4, -0.2) is 24.7 Å². The Morgan fingerprint density at radius 2 is 1.69 bits per heavy atom. The molecule has 2 rings (SSSR count). The fraction of sp³-hybridized carbons (Fsp3) is 0.222. The van der Waals surface area contributed by atoms with Gasteiger partial charge >= 0.3 is 0 Å². The highest BCUT2D eigenvalue weighted by molar-refractivity contribution is 7.80. The van der Waals surface area contributed by atoms with Crippen LogP contribution in [0, 0.1) is 0 Å². The van der Waals surface area contributed by atoms with Crippen LogP contribution < -0.4 is 25.4 Å². The Morgan fingerprint density at radius 3 is 2.23 bits per heavy atom. The third-order valence-electron chi connectivity index (χ3n) is 3.27. The molecule has 3 N–H and O–H groups in total. The van der Waals surface area contributed by atoms with Crippen LogP contribution >= 0.6 is 23.8 Å². The Bertz CT molecular complexity index is 797. The summed E-state index contributed by atoms with van der Waals surface area (Å²) in [6, 6.07) is 10.6. The molecule has 6 nitrogen and oxygen atoms in total. The van der Waals surface area contributed by atoms with E-state index in [0.29, 0.717) is 39.6 Å². The summed E-state index contributed by atoms with van der Waals surface area (Å²) in [5, 5.41) is 9.64. The lowest BCUT2D eigenvalue weighted by molar-refractivity contribution is -0.114. The van der Waals surface area contributed by atoms with Crippen LogP contribution in [0.4, 0.5) is 17.1 Å². The average Bonchev–Trinajstić information content (AvgIpc) is 2.58. The van der Waals surface area contributed by atoms with Gasteiger partial charge in [-0.05, 0) is 49.5 Å². The SMILES string of the molecule is CCOc1cc(OC)c(NC(=S)Nc2ccc(NC(C)=O)cc2)cc1Cl. The summed E-state index contributed by atoms with van der Waals surface area (Å²) in [5.74, 6) is 0.981. The summed E-state index contributed by atoms with van der Waals surface area (Å²) in [6.45, 7) is 3.84. The molecule has 0 aliphatic heterocycles. The first-order valence-electron chi connectivity index (χ1n) is 7.89. The van der Waals surface area contributed by atoms with Crippen LogP contribution in [0.15, 0.2) is 36.4 Å². The van der Waals surface area contributed by atoms with Gasteiger partial charge in [-0.25, -0.2) is 0 Å². The van der Waals surface area contributed by atoms with Gasteiger partial charge in [0, 0.05) is 24.4 Å². The molecule has 26 heavy (non-hydrogen) atoms. The Morgan fingerprint density at radius 1 is 1.08 bits per heavy atom. The molecule has 0 spiro atoms. The number of nitrogens with one attached hydrogen (secondary N) is 3. The predicted molar refractivity (Wildman–Crippen MR) is 110 cm³/mol. The molecule has 0 saturated carbocycles. The van der Waals surface area contributed by atoms with Crippen molar-refractivity contribution in [1.29, 1.82) is 0 Å². The Kier molecular flexibility index (Phi) is 7.06. The number of ether oxygens (including phenoxy) is 2. The van der Waals surface area contributed by atoms with Crippen molar-refractivity contribution >= 4 is 51.9 Å². The van der Waals surface area contributed by atoms with E-state index in [-0.39, 0.29) is 5.91 Å². The standard InChI is InChI=1S/C18H20ClN3O3S/c1-4-25-16-10-17(24-3)15(9-14(16)19)22-18(26)21-13-7-5-12(6-8-13)20-11(2)23/h5-10H,4H2,1-3H3,(H,20,23)(H2,21,22,26). The predicted octanol–water partition coefficient (Wildman–Crippen LogP) is 4.51. The number of thiocarbonyl (C=S) groups is 1. The van der Waals surface area contributed by atoms with E-state index in [1.54, 1.807) is 31.4 Å². The van der Waals surface area contributed by atoms with Gasteiger partial charge in [-0.3, -0.25) is 4.79 Å². The molecule has 0 saturated heterocycles. The maximum atomic E-state index is 11.0. The number of carbonyl (C=O) groups excluding carboxylic acids is 1. The van der Waals surface area contributed by atoms with E-state index in [0.717, 1.165) is 5.69 Å². The number of carbonyl (C=O) groups is 1. The van der Waals surface area contributed by atoms with Crippen LogP contribution in [0.5, 0.6) is 11.5 Å². The lowest BCUT2D eigenvalue weighted by Gasteiger charge is -2.16. The highest BCUT2D eigenvalue weighted by Crippen LogP contribution is 2.36. The molecule has 0 unspecified atom stereocenters. The molecular formula is C18H20ClN3O3S. The van der Waals surface area contributed by atoms with Crippen molar-refractivity contribution < 1.29 is 14.3 Å². The molecule has 2 aromatic carbocycles. The summed E-state index contributed by atoms with van der Waals surface area (Å²) in [5.41, 5.74) is 2.10. The smallest absolute Gasteiger partial charge is 0.221 e. The van der Waals surface area contributed by atoms with Crippen molar-refractivity contribution in [3.05, 3.63) is 41.4 Å². The highest BCUT2D eigenvalue weighted by atomic mass is 35.5. The number of benzene rings is 2. The van der Waals surface area contributed by atoms with Gasteiger partial charge in [0.25, 0.3) is 0 Å². The van der Waals surface area contributed by atoms with Crippen molar-refractivity contribution in [2.45, 2.75) is 13.8 Å². The van der Waals surface area contributed by atoms with Gasteiger partial charge in [0.05, 0.1) is 24.4 Å². The second-order valence-corrected chi connectivity index (χ2v) is 6.07. The molecule has 0 aromatic heterocycles. The van der Waals surface area contributed by atoms with E-state index in [9.17, 15) is 4.79 Å². The Labute approximate surface area is 162 Å². The molecule has 0 atom stereocenters. The maximum absolute atomic E-state index is 11.0. The molecule has 8 heteroatoms. The fourth-order valence-corrected chi connectivity index (χ4v) is 2.64. The van der Waals surface area contributed by atoms with E-state index in [2.05, 4.69) is 16.0 Å². The van der Waals surface area contributed by atoms with Crippen molar-refractivity contribution in [2.24, 2.45) is 0 Å². The minimum Gasteiger partial charge on any atom is -0.494 e. The molecule has 0 aliphatic rings. The molecule has 0 bridgehead atoms. The maximum Gasteiger partial charge on any atom is 0.221 e. The van der Waals surface area contributed by atoms with Gasteiger partial charge < -0.3 is 25.4 Å². The van der Waals surface area contributed by atoms with E-state index >= 15 is 0 Å². The molecule has 1 amide bonds. The molecule has 138 valence electrons. The van der Waals surface area contributed by atoms with Crippen LogP contribution in [0.1, 0.15) is 13.8 Å². The molecule has 2 aromatic rings. The summed E-state index contributed by atoms with van der Waals surface area (Å²) >= 11 is 11.6. The average molecular weight is 394 g/mol. The van der Waals surface area contributed by atoms with Gasteiger partial charge in [-0.2, -0.15) is 0 Å². The second-order valence-electron chi connectivity index (χ2n) is 5.25. The normalized spacial score (nSPS) is 10.0. The molecule has 0 heterocycles. The molecule has 0 aliphatic carbocycles. The lowest BCUT2D eigenvalue weighted by atomic mass is 10.2. The van der Waals surface area contributed by atoms with Crippen LogP contribution in [0.3, 0.4) is 0 Å². The summed E-state index contributed by atoms with van der Waals surface area (Å²) in [6.07, 6.45) is 0. The zero-order valence-corrected chi connectivity index (χ0v) is 16.3. The Hall–Kier alpha value is -2.51.